The zero-order chi connectivity index (χ0) is 11.0. The van der Waals surface area contributed by atoms with Crippen molar-refractivity contribution in [2.75, 3.05) is 0 Å². The van der Waals surface area contributed by atoms with Crippen molar-refractivity contribution in [3.05, 3.63) is 28.8 Å². The van der Waals surface area contributed by atoms with E-state index in [0.717, 1.165) is 12.3 Å². The Hall–Kier alpha value is -0.980. The lowest BCUT2D eigenvalue weighted by atomic mass is 9.88. The maximum Gasteiger partial charge on any atom is 0.116 e. The number of rotatable bonds is 2. The Bertz CT molecular complexity index is 366. The van der Waals surface area contributed by atoms with Crippen LogP contribution in [-0.4, -0.2) is 5.11 Å². The van der Waals surface area contributed by atoms with Crippen molar-refractivity contribution in [3.8, 4) is 5.75 Å². The van der Waals surface area contributed by atoms with Gasteiger partial charge in [0.25, 0.3) is 0 Å². The first kappa shape index (κ1) is 10.5. The number of hydrogen-bond donors (Lipinski definition) is 1. The zero-order valence-electron chi connectivity index (χ0n) is 9.88. The summed E-state index contributed by atoms with van der Waals surface area (Å²) < 4.78 is 0. The van der Waals surface area contributed by atoms with Gasteiger partial charge in [-0.3, -0.25) is 0 Å². The minimum Gasteiger partial charge on any atom is -0.508 e. The molecule has 0 aliphatic heterocycles. The topological polar surface area (TPSA) is 20.2 Å². The second-order valence-corrected chi connectivity index (χ2v) is 4.91. The number of fused-ring (bicyclic) bond motifs is 1. The summed E-state index contributed by atoms with van der Waals surface area (Å²) in [7, 11) is 0. The Balaban J connectivity index is 2.55. The first-order valence-electron chi connectivity index (χ1n) is 5.99. The van der Waals surface area contributed by atoms with Gasteiger partial charge in [-0.15, -0.1) is 0 Å². The fraction of sp³-hybridized carbons (Fsp3) is 0.571. The molecule has 2 rings (SSSR count). The molecule has 1 nitrogen and oxygen atoms in total. The van der Waals surface area contributed by atoms with Gasteiger partial charge < -0.3 is 5.11 Å². The highest BCUT2D eigenvalue weighted by atomic mass is 16.3. The Morgan fingerprint density at radius 2 is 2.13 bits per heavy atom. The summed E-state index contributed by atoms with van der Waals surface area (Å²) in [5.41, 5.74) is 4.27. The molecule has 1 aliphatic rings. The largest absolute Gasteiger partial charge is 0.508 e. The number of hydrogen-bond acceptors (Lipinski definition) is 1. The quantitative estimate of drug-likeness (QED) is 0.773. The minimum absolute atomic E-state index is 0.439. The zero-order valence-corrected chi connectivity index (χ0v) is 9.88. The average Bonchev–Trinajstić information content (AvgIpc) is 2.58. The van der Waals surface area contributed by atoms with Crippen LogP contribution in [0.25, 0.3) is 0 Å². The van der Waals surface area contributed by atoms with Crippen molar-refractivity contribution >= 4 is 0 Å². The third-order valence-electron chi connectivity index (χ3n) is 3.57. The monoisotopic (exact) mass is 204 g/mol. The van der Waals surface area contributed by atoms with Crippen LogP contribution in [0.3, 0.4) is 0 Å². The predicted octanol–water partition coefficient (Wildman–Crippen LogP) is 3.96. The molecule has 1 atom stereocenters. The number of benzene rings is 1. The second-order valence-electron chi connectivity index (χ2n) is 4.91. The fourth-order valence-corrected chi connectivity index (χ4v) is 2.79. The smallest absolute Gasteiger partial charge is 0.116 e. The third kappa shape index (κ3) is 1.75. The molecule has 0 unspecified atom stereocenters. The molecule has 0 aromatic heterocycles. The molecule has 1 heteroatoms. The standard InChI is InChI=1S/C14H20O/c1-4-10-5-6-11-7-12(15)8-13(9(2)3)14(10)11/h7-10,15H,4-6H2,1-3H3/t10-/m0/s1. The Morgan fingerprint density at radius 1 is 1.40 bits per heavy atom. The molecule has 1 N–H and O–H groups in total. The van der Waals surface area contributed by atoms with E-state index in [1.807, 2.05) is 12.1 Å². The average molecular weight is 204 g/mol. The molecule has 1 aliphatic carbocycles. The van der Waals surface area contributed by atoms with Gasteiger partial charge in [0.05, 0.1) is 0 Å². The van der Waals surface area contributed by atoms with E-state index in [4.69, 9.17) is 0 Å². The highest BCUT2D eigenvalue weighted by Gasteiger charge is 2.25. The summed E-state index contributed by atoms with van der Waals surface area (Å²) in [6, 6.07) is 3.91. The predicted molar refractivity (Wildman–Crippen MR) is 63.5 cm³/mol. The van der Waals surface area contributed by atoms with E-state index >= 15 is 0 Å². The van der Waals surface area contributed by atoms with Crippen molar-refractivity contribution in [1.82, 2.24) is 0 Å². The van der Waals surface area contributed by atoms with E-state index in [1.54, 1.807) is 0 Å². The normalized spacial score (nSPS) is 19.6. The van der Waals surface area contributed by atoms with Gasteiger partial charge in [-0.05, 0) is 59.9 Å². The summed E-state index contributed by atoms with van der Waals surface area (Å²) >= 11 is 0. The fourth-order valence-electron chi connectivity index (χ4n) is 2.79. The molecule has 0 saturated carbocycles. The van der Waals surface area contributed by atoms with E-state index in [9.17, 15) is 5.11 Å². The molecule has 82 valence electrons. The molecule has 0 amide bonds. The maximum absolute atomic E-state index is 9.69. The lowest BCUT2D eigenvalue weighted by Gasteiger charge is -2.17. The van der Waals surface area contributed by atoms with Crippen LogP contribution in [0.2, 0.25) is 0 Å². The van der Waals surface area contributed by atoms with Gasteiger partial charge in [0, 0.05) is 0 Å². The number of phenolic OH excluding ortho intramolecular Hbond substituents is 1. The van der Waals surface area contributed by atoms with Crippen LogP contribution < -0.4 is 0 Å². The first-order chi connectivity index (χ1) is 7.13. The van der Waals surface area contributed by atoms with Crippen LogP contribution >= 0.6 is 0 Å². The highest BCUT2D eigenvalue weighted by Crippen LogP contribution is 2.41. The first-order valence-corrected chi connectivity index (χ1v) is 5.99. The third-order valence-corrected chi connectivity index (χ3v) is 3.57. The Labute approximate surface area is 92.1 Å². The molecule has 1 aromatic rings. The summed E-state index contributed by atoms with van der Waals surface area (Å²) in [5.74, 6) is 1.67. The molecular formula is C14H20O. The lowest BCUT2D eigenvalue weighted by Crippen LogP contribution is -2.00. The van der Waals surface area contributed by atoms with E-state index in [1.165, 1.54) is 29.5 Å². The van der Waals surface area contributed by atoms with E-state index in [-0.39, 0.29) is 0 Å². The van der Waals surface area contributed by atoms with Crippen molar-refractivity contribution in [1.29, 1.82) is 0 Å². The molecule has 0 saturated heterocycles. The van der Waals surface area contributed by atoms with Gasteiger partial charge >= 0.3 is 0 Å². The van der Waals surface area contributed by atoms with Gasteiger partial charge in [0.15, 0.2) is 0 Å². The second kappa shape index (κ2) is 3.88. The van der Waals surface area contributed by atoms with Crippen LogP contribution in [0, 0.1) is 0 Å². The van der Waals surface area contributed by atoms with Gasteiger partial charge in [-0.2, -0.15) is 0 Å². The molecule has 15 heavy (non-hydrogen) atoms. The van der Waals surface area contributed by atoms with Crippen LogP contribution in [0.1, 0.15) is 62.1 Å². The molecule has 0 spiro atoms. The van der Waals surface area contributed by atoms with Crippen LogP contribution in [0.4, 0.5) is 0 Å². The van der Waals surface area contributed by atoms with Crippen LogP contribution in [-0.2, 0) is 6.42 Å². The molecular weight excluding hydrogens is 184 g/mol. The van der Waals surface area contributed by atoms with E-state index in [2.05, 4.69) is 20.8 Å². The van der Waals surface area contributed by atoms with Gasteiger partial charge in [-0.1, -0.05) is 20.8 Å². The molecule has 1 aromatic carbocycles. The van der Waals surface area contributed by atoms with Crippen molar-refractivity contribution in [2.45, 2.75) is 51.9 Å². The van der Waals surface area contributed by atoms with E-state index < -0.39 is 0 Å². The lowest BCUT2D eigenvalue weighted by molar-refractivity contribution is 0.473. The molecule has 0 bridgehead atoms. The van der Waals surface area contributed by atoms with Gasteiger partial charge in [0.2, 0.25) is 0 Å². The summed E-state index contributed by atoms with van der Waals surface area (Å²) in [6.07, 6.45) is 3.62. The molecule has 0 radical (unpaired) electrons. The van der Waals surface area contributed by atoms with Crippen molar-refractivity contribution in [3.63, 3.8) is 0 Å². The van der Waals surface area contributed by atoms with Crippen LogP contribution in [0.15, 0.2) is 12.1 Å². The summed E-state index contributed by atoms with van der Waals surface area (Å²) in [6.45, 7) is 6.68. The van der Waals surface area contributed by atoms with Crippen molar-refractivity contribution in [2.24, 2.45) is 0 Å². The molecule has 0 heterocycles. The maximum atomic E-state index is 9.69. The summed E-state index contributed by atoms with van der Waals surface area (Å²) in [4.78, 5) is 0. The number of phenols is 1. The number of aryl methyl sites for hydroxylation is 1. The number of aromatic hydroxyl groups is 1. The minimum atomic E-state index is 0.439. The van der Waals surface area contributed by atoms with Gasteiger partial charge in [0.1, 0.15) is 5.75 Å². The Kier molecular flexibility index (Phi) is 2.72. The molecule has 0 fully saturated rings. The highest BCUT2D eigenvalue weighted by molar-refractivity contribution is 5.47. The Morgan fingerprint density at radius 3 is 2.73 bits per heavy atom. The van der Waals surface area contributed by atoms with Crippen molar-refractivity contribution < 1.29 is 5.11 Å². The van der Waals surface area contributed by atoms with E-state index in [0.29, 0.717) is 11.7 Å². The SMILES string of the molecule is CC[C@H]1CCc2cc(O)cc(C(C)C)c21. The van der Waals surface area contributed by atoms with Gasteiger partial charge in [-0.25, -0.2) is 0 Å². The summed E-state index contributed by atoms with van der Waals surface area (Å²) in [5, 5.41) is 9.69. The van der Waals surface area contributed by atoms with Crippen LogP contribution in [0.5, 0.6) is 5.75 Å².